The van der Waals surface area contributed by atoms with Gasteiger partial charge in [-0.05, 0) is 48.0 Å². The van der Waals surface area contributed by atoms with Crippen molar-refractivity contribution in [1.82, 2.24) is 15.3 Å². The molecular weight excluding hydrogens is 516 g/mol. The Balaban J connectivity index is 1.77. The smallest absolute Gasteiger partial charge is 0.433 e. The fourth-order valence-electron chi connectivity index (χ4n) is 2.92. The summed E-state index contributed by atoms with van der Waals surface area (Å²) in [5.74, 6) is 0.298. The predicted octanol–water partition coefficient (Wildman–Crippen LogP) is 4.11. The number of alkyl halides is 3. The highest BCUT2D eigenvalue weighted by molar-refractivity contribution is 7.92. The Morgan fingerprint density at radius 3 is 2.62 bits per heavy atom. The quantitative estimate of drug-likeness (QED) is 0.256. The molecule has 0 saturated carbocycles. The summed E-state index contributed by atoms with van der Waals surface area (Å²) in [6, 6.07) is 7.13. The van der Waals surface area contributed by atoms with Crippen molar-refractivity contribution in [3.63, 3.8) is 0 Å². The molecule has 2 heterocycles. The van der Waals surface area contributed by atoms with Gasteiger partial charge < -0.3 is 10.1 Å². The van der Waals surface area contributed by atoms with Crippen molar-refractivity contribution in [2.24, 2.45) is 0 Å². The van der Waals surface area contributed by atoms with Crippen LogP contribution in [0.2, 0.25) is 0 Å². The Bertz CT molecular complexity index is 1490. The molecule has 37 heavy (non-hydrogen) atoms. The first-order chi connectivity index (χ1) is 17.4. The van der Waals surface area contributed by atoms with Crippen LogP contribution in [-0.2, 0) is 27.5 Å². The van der Waals surface area contributed by atoms with Crippen molar-refractivity contribution >= 4 is 27.7 Å². The first kappa shape index (κ1) is 27.2. The van der Waals surface area contributed by atoms with Crippen LogP contribution in [0.25, 0.3) is 6.08 Å². The number of sulfonamides is 1. The molecule has 0 bridgehead atoms. The number of carbonyl (C=O) groups is 1. The third-order valence-electron chi connectivity index (χ3n) is 4.50. The summed E-state index contributed by atoms with van der Waals surface area (Å²) < 4.78 is 84.0. The van der Waals surface area contributed by atoms with E-state index >= 15 is 0 Å². The maximum absolute atomic E-state index is 14.4. The van der Waals surface area contributed by atoms with Crippen LogP contribution in [0.15, 0.2) is 54.9 Å². The summed E-state index contributed by atoms with van der Waals surface area (Å²) in [5, 5.41) is 2.47. The minimum atomic E-state index is -4.72. The van der Waals surface area contributed by atoms with Gasteiger partial charge in [-0.25, -0.2) is 17.8 Å². The minimum absolute atomic E-state index is 0.0711. The predicted molar refractivity (Wildman–Crippen MR) is 127 cm³/mol. The maximum Gasteiger partial charge on any atom is 0.433 e. The number of amides is 1. The number of benzene rings is 1. The molecule has 192 valence electrons. The number of nitrogens with one attached hydrogen (secondary N) is 2. The molecule has 0 saturated heterocycles. The van der Waals surface area contributed by atoms with E-state index in [0.717, 1.165) is 30.5 Å². The van der Waals surface area contributed by atoms with Gasteiger partial charge in [-0.2, -0.15) is 13.2 Å². The van der Waals surface area contributed by atoms with Crippen molar-refractivity contribution in [2.75, 3.05) is 11.0 Å². The molecule has 0 aliphatic rings. The van der Waals surface area contributed by atoms with Gasteiger partial charge in [0.2, 0.25) is 21.8 Å². The second-order valence-electron chi connectivity index (χ2n) is 7.45. The van der Waals surface area contributed by atoms with Crippen molar-refractivity contribution in [3.05, 3.63) is 83.1 Å². The van der Waals surface area contributed by atoms with E-state index in [-0.39, 0.29) is 29.0 Å². The van der Waals surface area contributed by atoms with Gasteiger partial charge in [0.15, 0.2) is 0 Å². The van der Waals surface area contributed by atoms with Gasteiger partial charge in [0.1, 0.15) is 17.3 Å². The zero-order valence-electron chi connectivity index (χ0n) is 19.0. The van der Waals surface area contributed by atoms with Crippen LogP contribution in [0.3, 0.4) is 0 Å². The van der Waals surface area contributed by atoms with E-state index in [9.17, 15) is 30.8 Å². The Kier molecular flexibility index (Phi) is 8.14. The normalized spacial score (nSPS) is 11.7. The van der Waals surface area contributed by atoms with Crippen LogP contribution in [0.1, 0.15) is 22.4 Å². The fraction of sp³-hybridized carbons (Fsp3) is 0.125. The number of hydrogen-bond acceptors (Lipinski definition) is 6. The number of ether oxygens (including phenoxy) is 1. The fourth-order valence-corrected chi connectivity index (χ4v) is 3.50. The molecule has 0 radical (unpaired) electrons. The number of halogens is 4. The Morgan fingerprint density at radius 2 is 2.00 bits per heavy atom. The minimum Gasteiger partial charge on any atom is -0.437 e. The van der Waals surface area contributed by atoms with E-state index in [2.05, 4.69) is 21.2 Å². The van der Waals surface area contributed by atoms with E-state index < -0.39 is 45.2 Å². The van der Waals surface area contributed by atoms with Crippen molar-refractivity contribution < 1.29 is 35.5 Å². The van der Waals surface area contributed by atoms with E-state index in [1.54, 1.807) is 0 Å². The largest absolute Gasteiger partial charge is 0.437 e. The van der Waals surface area contributed by atoms with E-state index in [4.69, 9.17) is 11.2 Å². The lowest BCUT2D eigenvalue weighted by molar-refractivity contribution is -0.141. The number of rotatable bonds is 8. The van der Waals surface area contributed by atoms with Gasteiger partial charge in [-0.3, -0.25) is 14.5 Å². The molecule has 8 nitrogen and oxygen atoms in total. The molecule has 0 aliphatic carbocycles. The van der Waals surface area contributed by atoms with Gasteiger partial charge in [0.25, 0.3) is 0 Å². The summed E-state index contributed by atoms with van der Waals surface area (Å²) in [4.78, 5) is 19.6. The molecule has 0 aliphatic heterocycles. The second kappa shape index (κ2) is 11.1. The maximum atomic E-state index is 14.4. The molecule has 0 unspecified atom stereocenters. The highest BCUT2D eigenvalue weighted by Gasteiger charge is 2.33. The second-order valence-corrected chi connectivity index (χ2v) is 9.20. The average molecular weight is 534 g/mol. The van der Waals surface area contributed by atoms with Crippen LogP contribution in [-0.4, -0.2) is 30.5 Å². The topological polar surface area (TPSA) is 110 Å². The number of nitrogens with zero attached hydrogens (tertiary/aromatic N) is 2. The standard InChI is InChI=1S/C24H18F4N4O4S/c1-3-16-11-15(12-19(25)22(16)32-37(2,34)35)13-30-21(33)9-7-17-6-8-20(24(26,27)28)31-23(17)36-18-5-4-10-29-14-18/h1,4-12,14,32H,13H2,2H3,(H,30,33)/b9-7+. The zero-order valence-corrected chi connectivity index (χ0v) is 19.8. The van der Waals surface area contributed by atoms with Gasteiger partial charge >= 0.3 is 6.18 Å². The number of aromatic nitrogens is 2. The Hall–Kier alpha value is -4.44. The van der Waals surface area contributed by atoms with Crippen LogP contribution < -0.4 is 14.8 Å². The summed E-state index contributed by atoms with van der Waals surface area (Å²) in [5.41, 5.74) is -1.34. The van der Waals surface area contributed by atoms with E-state index in [1.165, 1.54) is 36.7 Å². The summed E-state index contributed by atoms with van der Waals surface area (Å²) in [7, 11) is -3.78. The summed E-state index contributed by atoms with van der Waals surface area (Å²) >= 11 is 0. The number of pyridine rings is 2. The molecule has 1 aromatic carbocycles. The first-order valence-electron chi connectivity index (χ1n) is 10.2. The van der Waals surface area contributed by atoms with Gasteiger partial charge in [0, 0.05) is 24.4 Å². The molecule has 3 aromatic rings. The zero-order chi connectivity index (χ0) is 27.2. The summed E-state index contributed by atoms with van der Waals surface area (Å²) in [6.07, 6.45) is 6.41. The SMILES string of the molecule is C#Cc1cc(CNC(=O)/C=C/c2ccc(C(F)(F)F)nc2Oc2cccnc2)cc(F)c1NS(C)(=O)=O. The van der Waals surface area contributed by atoms with E-state index in [1.807, 2.05) is 4.72 Å². The molecule has 3 rings (SSSR count). The van der Waals surface area contributed by atoms with Gasteiger partial charge in [-0.15, -0.1) is 6.42 Å². The van der Waals surface area contributed by atoms with Crippen molar-refractivity contribution in [1.29, 1.82) is 0 Å². The third-order valence-corrected chi connectivity index (χ3v) is 5.08. The number of terminal acetylenes is 1. The van der Waals surface area contributed by atoms with Crippen molar-refractivity contribution in [3.8, 4) is 24.0 Å². The molecule has 1 amide bonds. The lowest BCUT2D eigenvalue weighted by Gasteiger charge is -2.12. The number of hydrogen-bond donors (Lipinski definition) is 2. The lowest BCUT2D eigenvalue weighted by Crippen LogP contribution is -2.20. The first-order valence-corrected chi connectivity index (χ1v) is 12.1. The molecule has 13 heteroatoms. The number of anilines is 1. The van der Waals surface area contributed by atoms with E-state index in [0.29, 0.717) is 0 Å². The highest BCUT2D eigenvalue weighted by atomic mass is 32.2. The molecule has 2 aromatic heterocycles. The third kappa shape index (κ3) is 7.77. The number of carbonyl (C=O) groups excluding carboxylic acids is 1. The molecule has 2 N–H and O–H groups in total. The summed E-state index contributed by atoms with van der Waals surface area (Å²) in [6.45, 7) is -0.182. The monoisotopic (exact) mass is 534 g/mol. The van der Waals surface area contributed by atoms with Crippen LogP contribution >= 0.6 is 0 Å². The molecule has 0 spiro atoms. The Morgan fingerprint density at radius 1 is 1.24 bits per heavy atom. The molecular formula is C24H18F4N4O4S. The van der Waals surface area contributed by atoms with Crippen molar-refractivity contribution in [2.45, 2.75) is 12.7 Å². The molecule has 0 fully saturated rings. The van der Waals surface area contributed by atoms with Gasteiger partial charge in [-0.1, -0.05) is 5.92 Å². The molecule has 0 atom stereocenters. The Labute approximate surface area is 209 Å². The van der Waals surface area contributed by atoms with Crippen LogP contribution in [0.4, 0.5) is 23.2 Å². The highest BCUT2D eigenvalue weighted by Crippen LogP contribution is 2.32. The lowest BCUT2D eigenvalue weighted by atomic mass is 10.1. The van der Waals surface area contributed by atoms with Crippen LogP contribution in [0.5, 0.6) is 11.6 Å². The van der Waals surface area contributed by atoms with Crippen LogP contribution in [0, 0.1) is 18.2 Å². The van der Waals surface area contributed by atoms with Gasteiger partial charge in [0.05, 0.1) is 23.7 Å². The average Bonchev–Trinajstić information content (AvgIpc) is 2.82.